The Morgan fingerprint density at radius 2 is 1.94 bits per heavy atom. The zero-order valence-electron chi connectivity index (χ0n) is 18.9. The maximum Gasteiger partial charge on any atom is 0.193 e. The molecule has 0 spiro atoms. The molecule has 1 saturated heterocycles. The lowest BCUT2D eigenvalue weighted by atomic mass is 10.0. The molecule has 2 aromatic rings. The number of ether oxygens (including phenoxy) is 3. The van der Waals surface area contributed by atoms with Crippen LogP contribution in [0, 0.1) is 6.92 Å². The van der Waals surface area contributed by atoms with E-state index in [1.807, 2.05) is 19.2 Å². The molecular formula is C24H34IN3O3. The highest BCUT2D eigenvalue weighted by Gasteiger charge is 2.24. The molecular weight excluding hydrogens is 505 g/mol. The minimum atomic E-state index is 0. The largest absolute Gasteiger partial charge is 0.493 e. The summed E-state index contributed by atoms with van der Waals surface area (Å²) in [6, 6.07) is 14.5. The van der Waals surface area contributed by atoms with E-state index < -0.39 is 0 Å². The lowest BCUT2D eigenvalue weighted by Gasteiger charge is -2.35. The minimum absolute atomic E-state index is 0. The van der Waals surface area contributed by atoms with Crippen LogP contribution in [0.15, 0.2) is 47.5 Å². The van der Waals surface area contributed by atoms with Gasteiger partial charge < -0.3 is 24.4 Å². The van der Waals surface area contributed by atoms with Crippen LogP contribution in [0.1, 0.15) is 29.2 Å². The first kappa shape index (κ1) is 25.3. The van der Waals surface area contributed by atoms with Gasteiger partial charge in [0.1, 0.15) is 6.10 Å². The Hall–Kier alpha value is -2.00. The third-order valence-electron chi connectivity index (χ3n) is 5.49. The highest BCUT2D eigenvalue weighted by atomic mass is 127. The molecule has 1 aliphatic rings. The van der Waals surface area contributed by atoms with Gasteiger partial charge in [-0.25, -0.2) is 0 Å². The summed E-state index contributed by atoms with van der Waals surface area (Å²) >= 11 is 0. The quantitative estimate of drug-likeness (QED) is 0.247. The van der Waals surface area contributed by atoms with Crippen LogP contribution in [0.3, 0.4) is 0 Å². The van der Waals surface area contributed by atoms with E-state index in [9.17, 15) is 0 Å². The zero-order valence-corrected chi connectivity index (χ0v) is 21.2. The molecule has 31 heavy (non-hydrogen) atoms. The zero-order chi connectivity index (χ0) is 21.3. The third kappa shape index (κ3) is 6.74. The van der Waals surface area contributed by atoms with Crippen molar-refractivity contribution in [3.63, 3.8) is 0 Å². The van der Waals surface area contributed by atoms with E-state index in [0.29, 0.717) is 6.61 Å². The highest BCUT2D eigenvalue weighted by Crippen LogP contribution is 2.28. The molecule has 0 saturated carbocycles. The van der Waals surface area contributed by atoms with Crippen molar-refractivity contribution in [1.29, 1.82) is 0 Å². The van der Waals surface area contributed by atoms with Gasteiger partial charge in [0, 0.05) is 20.1 Å². The molecule has 1 fully saturated rings. The molecule has 170 valence electrons. The van der Waals surface area contributed by atoms with Crippen molar-refractivity contribution < 1.29 is 14.2 Å². The molecule has 0 radical (unpaired) electrons. The van der Waals surface area contributed by atoms with Crippen molar-refractivity contribution in [2.24, 2.45) is 4.99 Å². The van der Waals surface area contributed by atoms with Gasteiger partial charge in [0.25, 0.3) is 0 Å². The maximum absolute atomic E-state index is 6.05. The van der Waals surface area contributed by atoms with E-state index in [0.717, 1.165) is 49.9 Å². The smallest absolute Gasteiger partial charge is 0.193 e. The van der Waals surface area contributed by atoms with E-state index in [1.54, 1.807) is 14.2 Å². The third-order valence-corrected chi connectivity index (χ3v) is 5.49. The summed E-state index contributed by atoms with van der Waals surface area (Å²) in [7, 11) is 5.16. The number of nitrogens with zero attached hydrogens (tertiary/aromatic N) is 2. The number of guanidine groups is 1. The molecule has 0 aromatic heterocycles. The van der Waals surface area contributed by atoms with Crippen molar-refractivity contribution in [3.8, 4) is 11.5 Å². The van der Waals surface area contributed by atoms with E-state index in [4.69, 9.17) is 14.2 Å². The average Bonchev–Trinajstić information content (AvgIpc) is 2.79. The molecule has 3 rings (SSSR count). The number of halogens is 1. The second kappa shape index (κ2) is 12.8. The van der Waals surface area contributed by atoms with Gasteiger partial charge in [-0.05, 0) is 48.6 Å². The van der Waals surface area contributed by atoms with Crippen molar-refractivity contribution >= 4 is 29.9 Å². The van der Waals surface area contributed by atoms with Gasteiger partial charge in [-0.15, -0.1) is 24.0 Å². The van der Waals surface area contributed by atoms with Crippen molar-refractivity contribution in [3.05, 3.63) is 59.2 Å². The van der Waals surface area contributed by atoms with Gasteiger partial charge in [-0.3, -0.25) is 4.99 Å². The number of morpholine rings is 1. The summed E-state index contributed by atoms with van der Waals surface area (Å²) in [6.45, 7) is 5.34. The Bertz CT molecular complexity index is 860. The molecule has 2 aromatic carbocycles. The predicted octanol–water partition coefficient (Wildman–Crippen LogP) is 4.21. The molecule has 6 nitrogen and oxygen atoms in total. The summed E-state index contributed by atoms with van der Waals surface area (Å²) in [5.41, 5.74) is 3.75. The number of methoxy groups -OCH3 is 2. The Morgan fingerprint density at radius 3 is 2.65 bits per heavy atom. The SMILES string of the molecule is CN=C(NCCCc1ccc(OC)c(OC)c1)N1CCOC(c2ccccc2C)C1.I. The predicted molar refractivity (Wildman–Crippen MR) is 136 cm³/mol. The van der Waals surface area contributed by atoms with Crippen molar-refractivity contribution in [1.82, 2.24) is 10.2 Å². The number of aryl methyl sites for hydroxylation is 2. The number of benzene rings is 2. The number of rotatable bonds is 7. The Morgan fingerprint density at radius 1 is 1.16 bits per heavy atom. The lowest BCUT2D eigenvalue weighted by molar-refractivity contribution is -0.00830. The number of hydrogen-bond donors (Lipinski definition) is 1. The number of nitrogens with one attached hydrogen (secondary N) is 1. The Balaban J connectivity index is 0.00000341. The molecule has 0 bridgehead atoms. The number of aliphatic imine (C=N–C) groups is 1. The van der Waals surface area contributed by atoms with Crippen LogP contribution in [-0.4, -0.2) is 58.4 Å². The second-order valence-corrected chi connectivity index (χ2v) is 7.43. The van der Waals surface area contributed by atoms with Crippen LogP contribution in [-0.2, 0) is 11.2 Å². The van der Waals surface area contributed by atoms with Crippen LogP contribution >= 0.6 is 24.0 Å². The Kier molecular flexibility index (Phi) is 10.4. The molecule has 1 atom stereocenters. The van der Waals surface area contributed by atoms with Gasteiger partial charge >= 0.3 is 0 Å². The second-order valence-electron chi connectivity index (χ2n) is 7.43. The molecule has 7 heteroatoms. The maximum atomic E-state index is 6.05. The monoisotopic (exact) mass is 539 g/mol. The highest BCUT2D eigenvalue weighted by molar-refractivity contribution is 14.0. The molecule has 1 N–H and O–H groups in total. The topological polar surface area (TPSA) is 55.3 Å². The van der Waals surface area contributed by atoms with Crippen LogP contribution < -0.4 is 14.8 Å². The van der Waals surface area contributed by atoms with Gasteiger partial charge in [0.2, 0.25) is 0 Å². The normalized spacial score (nSPS) is 16.5. The fraction of sp³-hybridized carbons (Fsp3) is 0.458. The van der Waals surface area contributed by atoms with E-state index >= 15 is 0 Å². The van der Waals surface area contributed by atoms with Crippen molar-refractivity contribution in [2.75, 3.05) is 47.5 Å². The Labute approximate surface area is 203 Å². The summed E-state index contributed by atoms with van der Waals surface area (Å²) in [5, 5.41) is 3.51. The molecule has 0 aliphatic carbocycles. The molecule has 1 aliphatic heterocycles. The van der Waals surface area contributed by atoms with Crippen LogP contribution in [0.25, 0.3) is 0 Å². The first-order valence-electron chi connectivity index (χ1n) is 10.5. The van der Waals surface area contributed by atoms with Gasteiger partial charge in [0.15, 0.2) is 17.5 Å². The van der Waals surface area contributed by atoms with Crippen molar-refractivity contribution in [2.45, 2.75) is 25.9 Å². The molecule has 1 unspecified atom stereocenters. The van der Waals surface area contributed by atoms with Crippen LogP contribution in [0.4, 0.5) is 0 Å². The van der Waals surface area contributed by atoms with E-state index in [-0.39, 0.29) is 30.1 Å². The van der Waals surface area contributed by atoms with Crippen LogP contribution in [0.5, 0.6) is 11.5 Å². The van der Waals surface area contributed by atoms with E-state index in [2.05, 4.69) is 52.5 Å². The summed E-state index contributed by atoms with van der Waals surface area (Å²) in [6.07, 6.45) is 2.03. The van der Waals surface area contributed by atoms with Crippen LogP contribution in [0.2, 0.25) is 0 Å². The fourth-order valence-electron chi connectivity index (χ4n) is 3.84. The molecule has 0 amide bonds. The summed E-state index contributed by atoms with van der Waals surface area (Å²) in [5.74, 6) is 2.47. The first-order chi connectivity index (χ1) is 14.7. The minimum Gasteiger partial charge on any atom is -0.493 e. The first-order valence-corrected chi connectivity index (χ1v) is 10.5. The standard InChI is InChI=1S/C24H33N3O3.HI/c1-18-8-5-6-10-20(18)23-17-27(14-15-30-23)24(25-2)26-13-7-9-19-11-12-21(28-3)22(16-19)29-4;/h5-6,8,10-12,16,23H,7,9,13-15,17H2,1-4H3,(H,25,26);1H. The average molecular weight is 539 g/mol. The van der Waals surface area contributed by atoms with Gasteiger partial charge in [-0.1, -0.05) is 30.3 Å². The lowest BCUT2D eigenvalue weighted by Crippen LogP contribution is -2.48. The van der Waals surface area contributed by atoms with E-state index in [1.165, 1.54) is 16.7 Å². The number of hydrogen-bond acceptors (Lipinski definition) is 4. The fourth-order valence-corrected chi connectivity index (χ4v) is 3.84. The molecule has 1 heterocycles. The summed E-state index contributed by atoms with van der Waals surface area (Å²) < 4.78 is 16.8. The van der Waals surface area contributed by atoms with Gasteiger partial charge in [0.05, 0.1) is 27.4 Å². The summed E-state index contributed by atoms with van der Waals surface area (Å²) in [4.78, 5) is 6.78. The van der Waals surface area contributed by atoms with Gasteiger partial charge in [-0.2, -0.15) is 0 Å².